The molecule has 0 heterocycles. The van der Waals surface area contributed by atoms with Crippen LogP contribution < -0.4 is 4.72 Å². The average Bonchev–Trinajstić information content (AvgIpc) is 2.28. The maximum atomic E-state index is 11.7. The van der Waals surface area contributed by atoms with Crippen molar-refractivity contribution in [2.24, 2.45) is 0 Å². The van der Waals surface area contributed by atoms with Gasteiger partial charge in [0.1, 0.15) is 0 Å². The Labute approximate surface area is 101 Å². The molecule has 0 amide bonds. The van der Waals surface area contributed by atoms with E-state index >= 15 is 0 Å². The van der Waals surface area contributed by atoms with Crippen LogP contribution in [-0.4, -0.2) is 26.0 Å². The second-order valence-electron chi connectivity index (χ2n) is 3.54. The Morgan fingerprint density at radius 2 is 1.88 bits per heavy atom. The molecular formula is C11H15NO4S. The van der Waals surface area contributed by atoms with Crippen LogP contribution in [0, 0.1) is 0 Å². The lowest BCUT2D eigenvalue weighted by Gasteiger charge is -2.06. The quantitative estimate of drug-likeness (QED) is 0.796. The molecule has 0 aliphatic carbocycles. The van der Waals surface area contributed by atoms with Gasteiger partial charge in [-0.3, -0.25) is 4.79 Å². The molecule has 0 atom stereocenters. The van der Waals surface area contributed by atoms with Crippen molar-refractivity contribution < 1.29 is 18.3 Å². The average molecular weight is 257 g/mol. The van der Waals surface area contributed by atoms with Gasteiger partial charge in [0.25, 0.3) is 0 Å². The maximum absolute atomic E-state index is 11.7. The zero-order valence-corrected chi connectivity index (χ0v) is 10.3. The topological polar surface area (TPSA) is 83.5 Å². The predicted molar refractivity (Wildman–Crippen MR) is 63.3 cm³/mol. The Morgan fingerprint density at radius 1 is 1.29 bits per heavy atom. The number of aliphatic carboxylic acids is 1. The molecule has 1 rings (SSSR count). The van der Waals surface area contributed by atoms with Crippen molar-refractivity contribution in [2.45, 2.75) is 24.7 Å². The highest BCUT2D eigenvalue weighted by Crippen LogP contribution is 2.10. The third-order valence-electron chi connectivity index (χ3n) is 2.27. The Hall–Kier alpha value is -1.40. The van der Waals surface area contributed by atoms with Crippen molar-refractivity contribution in [3.8, 4) is 0 Å². The van der Waals surface area contributed by atoms with Crippen LogP contribution in [-0.2, 0) is 21.2 Å². The van der Waals surface area contributed by atoms with Crippen LogP contribution in [0.1, 0.15) is 18.9 Å². The van der Waals surface area contributed by atoms with E-state index in [1.165, 1.54) is 12.1 Å². The van der Waals surface area contributed by atoms with Crippen LogP contribution in [0.15, 0.2) is 29.2 Å². The minimum atomic E-state index is -3.59. The molecule has 0 fully saturated rings. The van der Waals surface area contributed by atoms with E-state index in [4.69, 9.17) is 5.11 Å². The molecular weight excluding hydrogens is 242 g/mol. The van der Waals surface area contributed by atoms with Gasteiger partial charge < -0.3 is 5.11 Å². The van der Waals surface area contributed by atoms with Gasteiger partial charge in [-0.25, -0.2) is 13.1 Å². The number of nitrogens with one attached hydrogen (secondary N) is 1. The predicted octanol–water partition coefficient (Wildman–Crippen LogP) is 1.00. The monoisotopic (exact) mass is 257 g/mol. The van der Waals surface area contributed by atoms with Gasteiger partial charge >= 0.3 is 5.97 Å². The van der Waals surface area contributed by atoms with Crippen molar-refractivity contribution >= 4 is 16.0 Å². The van der Waals surface area contributed by atoms with Crippen molar-refractivity contribution in [1.29, 1.82) is 0 Å². The maximum Gasteiger partial charge on any atom is 0.304 e. The first-order valence-electron chi connectivity index (χ1n) is 5.26. The molecule has 0 saturated carbocycles. The number of hydrogen-bond acceptors (Lipinski definition) is 3. The standard InChI is InChI=1S/C11H15NO4S/c1-2-9-3-5-10(6-4-9)17(15,16)12-8-7-11(13)14/h3-6,12H,2,7-8H2,1H3,(H,13,14). The van der Waals surface area contributed by atoms with Gasteiger partial charge in [0.05, 0.1) is 11.3 Å². The van der Waals surface area contributed by atoms with E-state index in [0.717, 1.165) is 12.0 Å². The third-order valence-corrected chi connectivity index (χ3v) is 3.75. The number of carbonyl (C=O) groups is 1. The van der Waals surface area contributed by atoms with E-state index in [9.17, 15) is 13.2 Å². The summed E-state index contributed by atoms with van der Waals surface area (Å²) in [6.45, 7) is 1.88. The fourth-order valence-electron chi connectivity index (χ4n) is 1.28. The summed E-state index contributed by atoms with van der Waals surface area (Å²) in [4.78, 5) is 10.4. The number of hydrogen-bond donors (Lipinski definition) is 2. The molecule has 0 radical (unpaired) electrons. The normalized spacial score (nSPS) is 11.4. The number of sulfonamides is 1. The molecule has 5 nitrogen and oxygen atoms in total. The van der Waals surface area contributed by atoms with Crippen LogP contribution in [0.5, 0.6) is 0 Å². The van der Waals surface area contributed by atoms with E-state index in [2.05, 4.69) is 4.72 Å². The van der Waals surface area contributed by atoms with Crippen LogP contribution in [0.25, 0.3) is 0 Å². The van der Waals surface area contributed by atoms with E-state index in [-0.39, 0.29) is 17.9 Å². The Bertz CT molecular complexity index is 479. The Morgan fingerprint density at radius 3 is 2.35 bits per heavy atom. The first-order chi connectivity index (χ1) is 7.95. The number of carboxylic acid groups (broad SMARTS) is 1. The van der Waals surface area contributed by atoms with Crippen LogP contribution in [0.2, 0.25) is 0 Å². The van der Waals surface area contributed by atoms with Gasteiger partial charge in [-0.1, -0.05) is 19.1 Å². The summed E-state index contributed by atoms with van der Waals surface area (Å²) in [5.41, 5.74) is 1.05. The van der Waals surface area contributed by atoms with Crippen molar-refractivity contribution in [1.82, 2.24) is 4.72 Å². The fourth-order valence-corrected chi connectivity index (χ4v) is 2.31. The second-order valence-corrected chi connectivity index (χ2v) is 5.31. The van der Waals surface area contributed by atoms with Crippen LogP contribution in [0.4, 0.5) is 0 Å². The van der Waals surface area contributed by atoms with Gasteiger partial charge in [-0.15, -0.1) is 0 Å². The van der Waals surface area contributed by atoms with Crippen LogP contribution >= 0.6 is 0 Å². The fraction of sp³-hybridized carbons (Fsp3) is 0.364. The number of rotatable bonds is 6. The highest BCUT2D eigenvalue weighted by Gasteiger charge is 2.13. The largest absolute Gasteiger partial charge is 0.481 e. The van der Waals surface area contributed by atoms with Crippen molar-refractivity contribution in [2.75, 3.05) is 6.54 Å². The van der Waals surface area contributed by atoms with Gasteiger partial charge in [-0.05, 0) is 24.1 Å². The summed E-state index contributed by atoms with van der Waals surface area (Å²) in [5, 5.41) is 8.41. The van der Waals surface area contributed by atoms with Gasteiger partial charge in [0, 0.05) is 6.54 Å². The molecule has 0 aliphatic rings. The molecule has 94 valence electrons. The zero-order valence-electron chi connectivity index (χ0n) is 9.51. The Balaban J connectivity index is 2.72. The van der Waals surface area contributed by atoms with Crippen molar-refractivity contribution in [3.63, 3.8) is 0 Å². The molecule has 1 aromatic rings. The number of benzene rings is 1. The van der Waals surface area contributed by atoms with E-state index in [0.29, 0.717) is 0 Å². The lowest BCUT2D eigenvalue weighted by molar-refractivity contribution is -0.136. The third kappa shape index (κ3) is 4.16. The van der Waals surface area contributed by atoms with Gasteiger partial charge in [0.2, 0.25) is 10.0 Å². The zero-order chi connectivity index (χ0) is 12.9. The summed E-state index contributed by atoms with van der Waals surface area (Å²) in [6, 6.07) is 6.52. The first kappa shape index (κ1) is 13.7. The molecule has 2 N–H and O–H groups in total. The molecule has 17 heavy (non-hydrogen) atoms. The smallest absolute Gasteiger partial charge is 0.304 e. The molecule has 1 aromatic carbocycles. The minimum absolute atomic E-state index is 0.104. The molecule has 0 aromatic heterocycles. The molecule has 0 aliphatic heterocycles. The Kier molecular flexibility index (Phi) is 4.65. The minimum Gasteiger partial charge on any atom is -0.481 e. The number of aryl methyl sites for hydroxylation is 1. The molecule has 0 saturated heterocycles. The molecule has 0 bridgehead atoms. The number of carboxylic acids is 1. The highest BCUT2D eigenvalue weighted by atomic mass is 32.2. The van der Waals surface area contributed by atoms with Gasteiger partial charge in [0.15, 0.2) is 0 Å². The summed E-state index contributed by atoms with van der Waals surface area (Å²) < 4.78 is 25.7. The van der Waals surface area contributed by atoms with Crippen molar-refractivity contribution in [3.05, 3.63) is 29.8 Å². The first-order valence-corrected chi connectivity index (χ1v) is 6.74. The van der Waals surface area contributed by atoms with E-state index in [1.54, 1.807) is 12.1 Å². The lowest BCUT2D eigenvalue weighted by atomic mass is 10.2. The molecule has 0 spiro atoms. The summed E-state index contributed by atoms with van der Waals surface area (Å²) in [6.07, 6.45) is 0.610. The summed E-state index contributed by atoms with van der Waals surface area (Å²) >= 11 is 0. The summed E-state index contributed by atoms with van der Waals surface area (Å²) in [5.74, 6) is -1.03. The SMILES string of the molecule is CCc1ccc(S(=O)(=O)NCCC(=O)O)cc1. The molecule has 6 heteroatoms. The van der Waals surface area contributed by atoms with Gasteiger partial charge in [-0.2, -0.15) is 0 Å². The molecule has 0 unspecified atom stereocenters. The lowest BCUT2D eigenvalue weighted by Crippen LogP contribution is -2.26. The van der Waals surface area contributed by atoms with E-state index in [1.807, 2.05) is 6.92 Å². The van der Waals surface area contributed by atoms with E-state index < -0.39 is 16.0 Å². The second kappa shape index (κ2) is 5.79. The highest BCUT2D eigenvalue weighted by molar-refractivity contribution is 7.89. The summed E-state index contributed by atoms with van der Waals surface area (Å²) in [7, 11) is -3.59. The van der Waals surface area contributed by atoms with Crippen LogP contribution in [0.3, 0.4) is 0 Å².